The number of amides is 2. The smallest absolute Gasteiger partial charge is 0.404 e. The number of phosphoric acid groups is 1. The number of halogens is 1. The van der Waals surface area contributed by atoms with Gasteiger partial charge in [-0.05, 0) is 26.0 Å². The third-order valence-electron chi connectivity index (χ3n) is 3.82. The molecule has 0 saturated carbocycles. The molecule has 1 aromatic carbocycles. The number of likely N-dealkylation sites (N-methyl/N-ethyl adjacent to an activating group) is 1. The van der Waals surface area contributed by atoms with Crippen molar-refractivity contribution in [1.82, 2.24) is 10.2 Å². The van der Waals surface area contributed by atoms with Gasteiger partial charge in [-0.1, -0.05) is 17.7 Å². The molecule has 2 aliphatic heterocycles. The highest BCUT2D eigenvalue weighted by Crippen LogP contribution is 2.54. The van der Waals surface area contributed by atoms with Crippen LogP contribution in [0.4, 0.5) is 4.39 Å². The molecule has 2 heterocycles. The van der Waals surface area contributed by atoms with E-state index < -0.39 is 13.6 Å². The van der Waals surface area contributed by atoms with Crippen LogP contribution in [0.15, 0.2) is 42.1 Å². The van der Waals surface area contributed by atoms with E-state index in [1.54, 1.807) is 5.32 Å². The Kier molecular flexibility index (Phi) is 11.4. The van der Waals surface area contributed by atoms with E-state index in [0.717, 1.165) is 5.57 Å². The number of allylic oxidation sites excluding steroid dienone is 1. The summed E-state index contributed by atoms with van der Waals surface area (Å²) in [7, 11) is -1.88. The zero-order chi connectivity index (χ0) is 24.1. The van der Waals surface area contributed by atoms with E-state index in [1.165, 1.54) is 18.2 Å². The normalized spacial score (nSPS) is 22.4. The van der Waals surface area contributed by atoms with E-state index in [0.29, 0.717) is 18.4 Å². The number of imide groups is 1. The Morgan fingerprint density at radius 2 is 2.00 bits per heavy atom. The van der Waals surface area contributed by atoms with Crippen molar-refractivity contribution in [3.05, 3.63) is 53.5 Å². The number of ether oxygens (including phenoxy) is 1. The maximum Gasteiger partial charge on any atom is 0.530 e. The lowest BCUT2D eigenvalue weighted by atomic mass is 10.2. The van der Waals surface area contributed by atoms with E-state index in [2.05, 4.69) is 12.8 Å². The fourth-order valence-electron chi connectivity index (χ4n) is 2.58. The zero-order valence-electron chi connectivity index (χ0n) is 18.0. The van der Waals surface area contributed by atoms with Crippen LogP contribution in [-0.4, -0.2) is 43.7 Å². The number of hydrogen-bond donors (Lipinski definition) is 1. The minimum atomic E-state index is -3.79. The highest BCUT2D eigenvalue weighted by atomic mass is 31.2. The molecule has 3 atom stereocenters. The van der Waals surface area contributed by atoms with Gasteiger partial charge in [-0.15, -0.1) is 12.8 Å². The first kappa shape index (κ1) is 27.1. The summed E-state index contributed by atoms with van der Waals surface area (Å²) in [5.74, 6) is -0.293. The number of carbonyl (C=O) groups excluding carboxylic acids is 2. The van der Waals surface area contributed by atoms with Crippen molar-refractivity contribution in [1.29, 1.82) is 0 Å². The topological polar surface area (TPSA) is 103 Å². The summed E-state index contributed by atoms with van der Waals surface area (Å²) in [6.45, 7) is 4.05. The highest BCUT2D eigenvalue weighted by molar-refractivity contribution is 7.49. The molecule has 2 unspecified atom stereocenters. The van der Waals surface area contributed by atoms with Gasteiger partial charge in [0.15, 0.2) is 0 Å². The van der Waals surface area contributed by atoms with E-state index in [4.69, 9.17) is 27.9 Å². The van der Waals surface area contributed by atoms with E-state index >= 15 is 0 Å². The number of phosphoric ester groups is 1. The van der Waals surface area contributed by atoms with Gasteiger partial charge in [0, 0.05) is 24.9 Å². The van der Waals surface area contributed by atoms with Gasteiger partial charge in [0.1, 0.15) is 23.9 Å². The molecular weight excluding hydrogens is 442 g/mol. The largest absolute Gasteiger partial charge is 0.530 e. The Labute approximate surface area is 186 Å². The molecule has 11 heteroatoms. The average Bonchev–Trinajstić information content (AvgIpc) is 3.24. The summed E-state index contributed by atoms with van der Waals surface area (Å²) in [5, 5.41) is 1.75. The second-order valence-corrected chi connectivity index (χ2v) is 8.18. The molecule has 174 valence electrons. The van der Waals surface area contributed by atoms with Crippen LogP contribution in [-0.2, 0) is 34.5 Å². The van der Waals surface area contributed by atoms with Gasteiger partial charge < -0.3 is 19.5 Å². The van der Waals surface area contributed by atoms with Gasteiger partial charge in [0.25, 0.3) is 0 Å². The van der Waals surface area contributed by atoms with Crippen molar-refractivity contribution in [2.24, 2.45) is 0 Å². The third-order valence-corrected chi connectivity index (χ3v) is 5.15. The van der Waals surface area contributed by atoms with Crippen molar-refractivity contribution in [2.45, 2.75) is 32.8 Å². The predicted octanol–water partition coefficient (Wildman–Crippen LogP) is 3.13. The number of nitrogens with zero attached hydrogens (tertiary/aromatic N) is 1. The fraction of sp³-hybridized carbons (Fsp3) is 0.333. The van der Waals surface area contributed by atoms with Gasteiger partial charge in [0.05, 0.1) is 13.2 Å². The second-order valence-electron chi connectivity index (χ2n) is 6.58. The monoisotopic (exact) mass is 468 g/mol. The number of rotatable bonds is 7. The summed E-state index contributed by atoms with van der Waals surface area (Å²) in [4.78, 5) is 20.1. The van der Waals surface area contributed by atoms with Gasteiger partial charge >= 0.3 is 7.82 Å². The first-order chi connectivity index (χ1) is 15.3. The van der Waals surface area contributed by atoms with Crippen LogP contribution in [0.3, 0.4) is 0 Å². The molecule has 2 amide bonds. The lowest BCUT2D eigenvalue weighted by Gasteiger charge is -2.26. The van der Waals surface area contributed by atoms with Crippen LogP contribution in [0.25, 0.3) is 0 Å². The Bertz CT molecular complexity index is 893. The van der Waals surface area contributed by atoms with Crippen LogP contribution in [0.1, 0.15) is 19.4 Å². The minimum Gasteiger partial charge on any atom is -0.404 e. The number of terminal acetylenes is 1. The molecule has 32 heavy (non-hydrogen) atoms. The summed E-state index contributed by atoms with van der Waals surface area (Å²) < 4.78 is 47.4. The van der Waals surface area contributed by atoms with Crippen LogP contribution >= 0.6 is 7.82 Å². The molecule has 0 bridgehead atoms. The van der Waals surface area contributed by atoms with Crippen LogP contribution in [0.5, 0.6) is 5.75 Å². The fourth-order valence-corrected chi connectivity index (χ4v) is 3.80. The van der Waals surface area contributed by atoms with Crippen molar-refractivity contribution in [3.8, 4) is 18.6 Å². The number of nitrogens with one attached hydrogen (secondary N) is 1. The Hall–Kier alpha value is -2.96. The van der Waals surface area contributed by atoms with Crippen LogP contribution in [0.2, 0.25) is 0 Å². The zero-order valence-corrected chi connectivity index (χ0v) is 18.9. The molecule has 0 saturated heterocycles. The SMILES string of the molecule is C#C.CC(C)=CN(C)C1C=CC(CO[P@@]2(=O)OCc3ccc(F)cc3O2)O1.O=CNC=O. The van der Waals surface area contributed by atoms with Gasteiger partial charge in [-0.3, -0.25) is 18.6 Å². The molecule has 2 aliphatic rings. The van der Waals surface area contributed by atoms with Crippen molar-refractivity contribution < 1.29 is 36.9 Å². The molecule has 1 N–H and O–H groups in total. The second kappa shape index (κ2) is 13.5. The van der Waals surface area contributed by atoms with Gasteiger partial charge in [-0.25, -0.2) is 8.96 Å². The maximum absolute atomic E-state index is 13.3. The summed E-state index contributed by atoms with van der Waals surface area (Å²) in [5.41, 5.74) is 1.77. The standard InChI is InChI=1S/C17H21FNO5P.C2H3NO2.C2H2/c1-12(2)9-19(3)17-7-6-15(23-17)11-22-25(20)21-10-13-4-5-14(18)8-16(13)24-25;4-1-3-2-5;1-2/h4-9,15,17H,10-11H2,1-3H3;1-2H,(H,3,4,5);1-2H/t15?,17?,25-;;/m1../s1. The third kappa shape index (κ3) is 8.65. The van der Waals surface area contributed by atoms with Crippen LogP contribution < -0.4 is 9.84 Å². The van der Waals surface area contributed by atoms with Gasteiger partial charge in [0.2, 0.25) is 12.8 Å². The van der Waals surface area contributed by atoms with E-state index in [-0.39, 0.29) is 31.3 Å². The number of benzene rings is 1. The summed E-state index contributed by atoms with van der Waals surface area (Å²) in [6, 6.07) is 3.99. The average molecular weight is 468 g/mol. The Morgan fingerprint density at radius 3 is 2.59 bits per heavy atom. The molecule has 0 aromatic heterocycles. The number of fused-ring (bicyclic) bond motifs is 1. The molecule has 0 aliphatic carbocycles. The Balaban J connectivity index is 0.000000646. The van der Waals surface area contributed by atoms with E-state index in [1.807, 2.05) is 44.1 Å². The molecular formula is C21H26FN2O7P. The van der Waals surface area contributed by atoms with E-state index in [9.17, 15) is 8.96 Å². The maximum atomic E-state index is 13.3. The van der Waals surface area contributed by atoms with Crippen molar-refractivity contribution in [2.75, 3.05) is 13.7 Å². The summed E-state index contributed by atoms with van der Waals surface area (Å²) >= 11 is 0. The number of carbonyl (C=O) groups is 2. The minimum absolute atomic E-state index is 0.0115. The lowest BCUT2D eigenvalue weighted by Crippen LogP contribution is -2.29. The van der Waals surface area contributed by atoms with Crippen LogP contribution in [0, 0.1) is 18.7 Å². The summed E-state index contributed by atoms with van der Waals surface area (Å²) in [6.07, 6.45) is 13.7. The predicted molar refractivity (Wildman–Crippen MR) is 116 cm³/mol. The Morgan fingerprint density at radius 1 is 1.31 bits per heavy atom. The van der Waals surface area contributed by atoms with Crippen molar-refractivity contribution in [3.63, 3.8) is 0 Å². The molecule has 0 spiro atoms. The molecule has 0 radical (unpaired) electrons. The van der Waals surface area contributed by atoms with Gasteiger partial charge in [-0.2, -0.15) is 0 Å². The molecule has 3 rings (SSSR count). The molecule has 1 aromatic rings. The first-order valence-corrected chi connectivity index (χ1v) is 10.8. The number of hydrogen-bond acceptors (Lipinski definition) is 8. The van der Waals surface area contributed by atoms with Crippen molar-refractivity contribution >= 4 is 20.6 Å². The highest BCUT2D eigenvalue weighted by Gasteiger charge is 2.36. The quantitative estimate of drug-likeness (QED) is 0.282. The molecule has 9 nitrogen and oxygen atoms in total. The molecule has 0 fully saturated rings. The first-order valence-electron chi connectivity index (χ1n) is 9.31. The lowest BCUT2D eigenvalue weighted by molar-refractivity contribution is -0.117.